The molecule has 0 saturated heterocycles. The van der Waals surface area contributed by atoms with Gasteiger partial charge in [0, 0.05) is 23.2 Å². The van der Waals surface area contributed by atoms with Crippen LogP contribution < -0.4 is 11.1 Å². The minimum Gasteiger partial charge on any atom is -0.384 e. The summed E-state index contributed by atoms with van der Waals surface area (Å²) in [6.45, 7) is 3.80. The Hall–Kier alpha value is -2.95. The number of rotatable bonds is 9. The zero-order valence-corrected chi connectivity index (χ0v) is 17.6. The van der Waals surface area contributed by atoms with Crippen molar-refractivity contribution >= 4 is 27.4 Å². The van der Waals surface area contributed by atoms with E-state index in [1.165, 1.54) is 16.2 Å². The van der Waals surface area contributed by atoms with Crippen LogP contribution in [-0.2, 0) is 0 Å². The van der Waals surface area contributed by atoms with E-state index in [1.54, 1.807) is 0 Å². The Bertz CT molecular complexity index is 1120. The van der Waals surface area contributed by atoms with E-state index in [-0.39, 0.29) is 0 Å². The highest BCUT2D eigenvalue weighted by Gasteiger charge is 2.08. The molecule has 4 rings (SSSR count). The van der Waals surface area contributed by atoms with Crippen molar-refractivity contribution in [2.24, 2.45) is 5.73 Å². The number of pyridine rings is 1. The van der Waals surface area contributed by atoms with Crippen molar-refractivity contribution in [3.63, 3.8) is 0 Å². The molecule has 3 N–H and O–H groups in total. The fourth-order valence-electron chi connectivity index (χ4n) is 3.86. The molecule has 1 heterocycles. The van der Waals surface area contributed by atoms with Gasteiger partial charge < -0.3 is 16.0 Å². The summed E-state index contributed by atoms with van der Waals surface area (Å²) in [5.74, 6) is 0. The number of hydrogen-bond acceptors (Lipinski definition) is 4. The van der Waals surface area contributed by atoms with Gasteiger partial charge in [0.25, 0.3) is 0 Å². The normalized spacial score (nSPS) is 11.4. The lowest BCUT2D eigenvalue weighted by Gasteiger charge is -2.17. The first-order valence-electron chi connectivity index (χ1n) is 10.8. The first-order valence-corrected chi connectivity index (χ1v) is 10.8. The summed E-state index contributed by atoms with van der Waals surface area (Å²) in [5, 5.41) is 7.31. The van der Waals surface area contributed by atoms with Crippen LogP contribution in [0, 0.1) is 0 Å². The van der Waals surface area contributed by atoms with Gasteiger partial charge in [-0.25, -0.2) is 4.98 Å². The van der Waals surface area contributed by atoms with E-state index in [2.05, 4.69) is 90.1 Å². The Morgan fingerprint density at radius 2 is 1.63 bits per heavy atom. The standard InChI is InChI=1S/C26H30N4/c1-30(16-6-14-27)17-7-15-28-26-19-25(29-24-11-5-4-10-23(24)26)22-13-12-20-8-2-3-9-21(20)18-22/h2-5,8-13,18-19H,6-7,14-17,27H2,1H3,(H,28,29). The topological polar surface area (TPSA) is 54.2 Å². The third-order valence-corrected chi connectivity index (χ3v) is 5.54. The summed E-state index contributed by atoms with van der Waals surface area (Å²) in [7, 11) is 2.16. The molecule has 0 atom stereocenters. The minimum absolute atomic E-state index is 0.753. The molecule has 0 aliphatic rings. The largest absolute Gasteiger partial charge is 0.384 e. The molecule has 0 bridgehead atoms. The van der Waals surface area contributed by atoms with Crippen LogP contribution >= 0.6 is 0 Å². The molecule has 154 valence electrons. The van der Waals surface area contributed by atoms with Crippen LogP contribution in [0.3, 0.4) is 0 Å². The number of anilines is 1. The Morgan fingerprint density at radius 3 is 2.50 bits per heavy atom. The summed E-state index contributed by atoms with van der Waals surface area (Å²) >= 11 is 0. The lowest BCUT2D eigenvalue weighted by Crippen LogP contribution is -2.24. The quantitative estimate of drug-likeness (QED) is 0.383. The van der Waals surface area contributed by atoms with E-state index in [1.807, 2.05) is 0 Å². The van der Waals surface area contributed by atoms with Crippen molar-refractivity contribution in [2.75, 3.05) is 38.5 Å². The Morgan fingerprint density at radius 1 is 0.867 bits per heavy atom. The molecule has 4 nitrogen and oxygen atoms in total. The highest BCUT2D eigenvalue weighted by Crippen LogP contribution is 2.30. The second-order valence-corrected chi connectivity index (χ2v) is 7.86. The van der Waals surface area contributed by atoms with Crippen LogP contribution in [0.1, 0.15) is 12.8 Å². The molecule has 0 spiro atoms. The molecule has 0 radical (unpaired) electrons. The number of benzene rings is 3. The molecule has 0 amide bonds. The van der Waals surface area contributed by atoms with Gasteiger partial charge in [-0.15, -0.1) is 0 Å². The monoisotopic (exact) mass is 398 g/mol. The van der Waals surface area contributed by atoms with Crippen molar-refractivity contribution in [3.05, 3.63) is 72.8 Å². The molecule has 4 aromatic rings. The molecule has 1 aromatic heterocycles. The summed E-state index contributed by atoms with van der Waals surface area (Å²) < 4.78 is 0. The molecule has 30 heavy (non-hydrogen) atoms. The van der Waals surface area contributed by atoms with Crippen LogP contribution in [0.4, 0.5) is 5.69 Å². The third-order valence-electron chi connectivity index (χ3n) is 5.54. The van der Waals surface area contributed by atoms with Gasteiger partial charge in [-0.05, 0) is 68.5 Å². The van der Waals surface area contributed by atoms with E-state index >= 15 is 0 Å². The van der Waals surface area contributed by atoms with E-state index in [9.17, 15) is 0 Å². The van der Waals surface area contributed by atoms with Crippen LogP contribution in [-0.4, -0.2) is 43.1 Å². The van der Waals surface area contributed by atoms with Gasteiger partial charge >= 0.3 is 0 Å². The second kappa shape index (κ2) is 9.70. The molecular weight excluding hydrogens is 368 g/mol. The second-order valence-electron chi connectivity index (χ2n) is 7.86. The number of nitrogens with zero attached hydrogens (tertiary/aromatic N) is 2. The van der Waals surface area contributed by atoms with Crippen LogP contribution in [0.5, 0.6) is 0 Å². The Labute approximate surface area is 178 Å². The van der Waals surface area contributed by atoms with Crippen LogP contribution in [0.15, 0.2) is 72.8 Å². The van der Waals surface area contributed by atoms with Gasteiger partial charge in [-0.3, -0.25) is 0 Å². The maximum atomic E-state index is 5.61. The van der Waals surface area contributed by atoms with E-state index < -0.39 is 0 Å². The maximum Gasteiger partial charge on any atom is 0.0730 e. The van der Waals surface area contributed by atoms with E-state index in [0.717, 1.165) is 61.5 Å². The number of para-hydroxylation sites is 1. The lowest BCUT2D eigenvalue weighted by molar-refractivity contribution is 0.330. The van der Waals surface area contributed by atoms with Gasteiger partial charge in [0.15, 0.2) is 0 Å². The van der Waals surface area contributed by atoms with Crippen molar-refractivity contribution in [1.29, 1.82) is 0 Å². The van der Waals surface area contributed by atoms with Crippen molar-refractivity contribution < 1.29 is 0 Å². The number of fused-ring (bicyclic) bond motifs is 2. The van der Waals surface area contributed by atoms with Gasteiger partial charge in [-0.1, -0.05) is 54.6 Å². The van der Waals surface area contributed by atoms with Crippen molar-refractivity contribution in [2.45, 2.75) is 12.8 Å². The van der Waals surface area contributed by atoms with Crippen LogP contribution in [0.25, 0.3) is 32.9 Å². The third kappa shape index (κ3) is 4.78. The molecule has 0 aliphatic heterocycles. The summed E-state index contributed by atoms with van der Waals surface area (Å²) in [4.78, 5) is 7.29. The number of nitrogens with one attached hydrogen (secondary N) is 1. The molecule has 0 fully saturated rings. The zero-order chi connectivity index (χ0) is 20.8. The average molecular weight is 399 g/mol. The number of hydrogen-bond donors (Lipinski definition) is 2. The van der Waals surface area contributed by atoms with Gasteiger partial charge in [0.2, 0.25) is 0 Å². The first kappa shape index (κ1) is 20.3. The van der Waals surface area contributed by atoms with Gasteiger partial charge in [0.05, 0.1) is 11.2 Å². The Balaban J connectivity index is 1.56. The predicted molar refractivity (Wildman–Crippen MR) is 129 cm³/mol. The van der Waals surface area contributed by atoms with E-state index in [0.29, 0.717) is 0 Å². The lowest BCUT2D eigenvalue weighted by atomic mass is 10.0. The molecular formula is C26H30N4. The molecule has 0 unspecified atom stereocenters. The highest BCUT2D eigenvalue weighted by molar-refractivity contribution is 5.95. The summed E-state index contributed by atoms with van der Waals surface area (Å²) in [6, 6.07) is 25.6. The predicted octanol–water partition coefficient (Wildman–Crippen LogP) is 5.14. The zero-order valence-electron chi connectivity index (χ0n) is 17.6. The summed E-state index contributed by atoms with van der Waals surface area (Å²) in [6.07, 6.45) is 2.14. The van der Waals surface area contributed by atoms with Crippen molar-refractivity contribution in [3.8, 4) is 11.3 Å². The fraction of sp³-hybridized carbons (Fsp3) is 0.269. The Kier molecular flexibility index (Phi) is 6.57. The SMILES string of the molecule is CN(CCCN)CCCNc1cc(-c2ccc3ccccc3c2)nc2ccccc12. The molecule has 0 aliphatic carbocycles. The number of aromatic nitrogens is 1. The average Bonchev–Trinajstić information content (AvgIpc) is 2.79. The fourth-order valence-corrected chi connectivity index (χ4v) is 3.86. The van der Waals surface area contributed by atoms with Crippen LogP contribution in [0.2, 0.25) is 0 Å². The van der Waals surface area contributed by atoms with Gasteiger partial charge in [0.1, 0.15) is 0 Å². The first-order chi connectivity index (χ1) is 14.7. The number of nitrogens with two attached hydrogens (primary N) is 1. The van der Waals surface area contributed by atoms with Gasteiger partial charge in [-0.2, -0.15) is 0 Å². The highest BCUT2D eigenvalue weighted by atomic mass is 15.1. The molecule has 3 aromatic carbocycles. The molecule has 0 saturated carbocycles. The summed E-state index contributed by atoms with van der Waals surface area (Å²) in [5.41, 5.74) is 9.92. The smallest absolute Gasteiger partial charge is 0.0730 e. The maximum absolute atomic E-state index is 5.61. The van der Waals surface area contributed by atoms with E-state index in [4.69, 9.17) is 10.7 Å². The molecule has 4 heteroatoms. The minimum atomic E-state index is 0.753. The van der Waals surface area contributed by atoms with Crippen molar-refractivity contribution in [1.82, 2.24) is 9.88 Å².